The Morgan fingerprint density at radius 2 is 1.64 bits per heavy atom. The Balaban J connectivity index is 1.87. The maximum absolute atomic E-state index is 5.82. The first kappa shape index (κ1) is 17.5. The number of morpholine rings is 1. The van der Waals surface area contributed by atoms with Crippen molar-refractivity contribution in [3.63, 3.8) is 0 Å². The van der Waals surface area contributed by atoms with Crippen LogP contribution in [0.5, 0.6) is 0 Å². The fourth-order valence-corrected chi connectivity index (χ4v) is 3.48. The maximum Gasteiger partial charge on any atom is 0.0678 e. The molecular weight excluding hydrogens is 270 g/mol. The number of benzene rings is 1. The lowest BCUT2D eigenvalue weighted by Crippen LogP contribution is -2.47. The average molecular weight is 303 g/mol. The molecule has 1 aromatic carbocycles. The molecule has 0 spiro atoms. The van der Waals surface area contributed by atoms with Crippen LogP contribution in [0, 0.1) is 5.92 Å². The highest BCUT2D eigenvalue weighted by Gasteiger charge is 2.23. The van der Waals surface area contributed by atoms with Gasteiger partial charge in [0.15, 0.2) is 0 Å². The SMILES string of the molecule is C[C@H](Cc1ccc(C(C)(C)C)cc1)CN1C[C@@H](C)O[C@H](C)C1. The summed E-state index contributed by atoms with van der Waals surface area (Å²) in [4.78, 5) is 2.56. The molecular formula is C20H33NO. The van der Waals surface area contributed by atoms with Crippen molar-refractivity contribution in [2.75, 3.05) is 19.6 Å². The third kappa shape index (κ3) is 5.10. The van der Waals surface area contributed by atoms with Gasteiger partial charge in [-0.3, -0.25) is 4.90 Å². The minimum atomic E-state index is 0.240. The minimum absolute atomic E-state index is 0.240. The van der Waals surface area contributed by atoms with E-state index >= 15 is 0 Å². The van der Waals surface area contributed by atoms with E-state index in [1.165, 1.54) is 17.7 Å². The molecule has 3 atom stereocenters. The smallest absolute Gasteiger partial charge is 0.0678 e. The summed E-state index contributed by atoms with van der Waals surface area (Å²) < 4.78 is 5.82. The van der Waals surface area contributed by atoms with Crippen molar-refractivity contribution < 1.29 is 4.74 Å². The van der Waals surface area contributed by atoms with Crippen LogP contribution in [0.4, 0.5) is 0 Å². The Morgan fingerprint density at radius 3 is 2.14 bits per heavy atom. The molecule has 1 saturated heterocycles. The van der Waals surface area contributed by atoms with Gasteiger partial charge in [-0.15, -0.1) is 0 Å². The molecule has 0 radical (unpaired) electrons. The van der Waals surface area contributed by atoms with Gasteiger partial charge in [0.25, 0.3) is 0 Å². The molecule has 1 aliphatic heterocycles. The number of hydrogen-bond acceptors (Lipinski definition) is 2. The van der Waals surface area contributed by atoms with E-state index in [9.17, 15) is 0 Å². The maximum atomic E-state index is 5.82. The monoisotopic (exact) mass is 303 g/mol. The van der Waals surface area contributed by atoms with Crippen LogP contribution in [0.3, 0.4) is 0 Å². The minimum Gasteiger partial charge on any atom is -0.373 e. The lowest BCUT2D eigenvalue weighted by molar-refractivity contribution is -0.0708. The normalized spacial score (nSPS) is 25.2. The first-order valence-electron chi connectivity index (χ1n) is 8.71. The standard InChI is InChI=1S/C20H33NO/c1-15(12-21-13-16(2)22-17(3)14-21)11-18-7-9-19(10-8-18)20(4,5)6/h7-10,15-17H,11-14H2,1-6H3/t15-,16-,17-/m1/s1. The zero-order chi connectivity index (χ0) is 16.3. The molecule has 1 aromatic rings. The van der Waals surface area contributed by atoms with Crippen molar-refractivity contribution in [1.82, 2.24) is 4.90 Å². The molecule has 2 nitrogen and oxygen atoms in total. The summed E-state index contributed by atoms with van der Waals surface area (Å²) in [6.45, 7) is 16.8. The fourth-order valence-electron chi connectivity index (χ4n) is 3.48. The van der Waals surface area contributed by atoms with Gasteiger partial charge in [0.2, 0.25) is 0 Å². The van der Waals surface area contributed by atoms with Crippen molar-refractivity contribution in [2.45, 2.75) is 65.6 Å². The van der Waals surface area contributed by atoms with E-state index in [1.54, 1.807) is 0 Å². The molecule has 0 amide bonds. The average Bonchev–Trinajstić information content (AvgIpc) is 2.36. The van der Waals surface area contributed by atoms with Crippen LogP contribution < -0.4 is 0 Å². The second-order valence-electron chi connectivity index (χ2n) is 8.23. The van der Waals surface area contributed by atoms with Gasteiger partial charge in [0, 0.05) is 19.6 Å². The molecule has 0 unspecified atom stereocenters. The van der Waals surface area contributed by atoms with Crippen molar-refractivity contribution in [2.24, 2.45) is 5.92 Å². The molecule has 0 aromatic heterocycles. The molecule has 22 heavy (non-hydrogen) atoms. The van der Waals surface area contributed by atoms with E-state index in [1.807, 2.05) is 0 Å². The third-order valence-electron chi connectivity index (χ3n) is 4.47. The summed E-state index contributed by atoms with van der Waals surface area (Å²) in [5.74, 6) is 0.679. The highest BCUT2D eigenvalue weighted by molar-refractivity contribution is 5.27. The predicted octanol–water partition coefficient (Wildman–Crippen LogP) is 4.27. The van der Waals surface area contributed by atoms with E-state index in [-0.39, 0.29) is 5.41 Å². The highest BCUT2D eigenvalue weighted by Crippen LogP contribution is 2.23. The zero-order valence-electron chi connectivity index (χ0n) is 15.2. The van der Waals surface area contributed by atoms with Gasteiger partial charge in [-0.05, 0) is 42.7 Å². The van der Waals surface area contributed by atoms with Crippen molar-refractivity contribution in [3.8, 4) is 0 Å². The summed E-state index contributed by atoms with van der Waals surface area (Å²) in [6, 6.07) is 9.20. The second-order valence-corrected chi connectivity index (χ2v) is 8.23. The predicted molar refractivity (Wildman–Crippen MR) is 94.5 cm³/mol. The van der Waals surface area contributed by atoms with Crippen LogP contribution in [0.15, 0.2) is 24.3 Å². The van der Waals surface area contributed by atoms with Gasteiger partial charge >= 0.3 is 0 Å². The number of rotatable bonds is 4. The number of nitrogens with zero attached hydrogens (tertiary/aromatic N) is 1. The number of ether oxygens (including phenoxy) is 1. The lowest BCUT2D eigenvalue weighted by Gasteiger charge is -2.36. The quantitative estimate of drug-likeness (QED) is 0.823. The molecule has 124 valence electrons. The van der Waals surface area contributed by atoms with E-state index in [0.717, 1.165) is 19.5 Å². The van der Waals surface area contributed by atoms with E-state index < -0.39 is 0 Å². The Morgan fingerprint density at radius 1 is 1.09 bits per heavy atom. The Hall–Kier alpha value is -0.860. The molecule has 2 rings (SSSR count). The lowest BCUT2D eigenvalue weighted by atomic mass is 9.86. The number of hydrogen-bond donors (Lipinski definition) is 0. The first-order chi connectivity index (χ1) is 10.2. The van der Waals surface area contributed by atoms with Gasteiger partial charge in [-0.25, -0.2) is 0 Å². The molecule has 1 heterocycles. The molecule has 1 fully saturated rings. The van der Waals surface area contributed by atoms with Crippen LogP contribution in [0.2, 0.25) is 0 Å². The van der Waals surface area contributed by atoms with Gasteiger partial charge in [-0.2, -0.15) is 0 Å². The van der Waals surface area contributed by atoms with E-state index in [0.29, 0.717) is 18.1 Å². The molecule has 0 bridgehead atoms. The first-order valence-corrected chi connectivity index (χ1v) is 8.71. The summed E-state index contributed by atoms with van der Waals surface area (Å²) in [6.07, 6.45) is 1.88. The summed E-state index contributed by atoms with van der Waals surface area (Å²) in [5, 5.41) is 0. The second kappa shape index (κ2) is 7.14. The van der Waals surface area contributed by atoms with E-state index in [2.05, 4.69) is 70.7 Å². The van der Waals surface area contributed by atoms with Gasteiger partial charge in [0.05, 0.1) is 12.2 Å². The van der Waals surface area contributed by atoms with Crippen molar-refractivity contribution in [3.05, 3.63) is 35.4 Å². The molecule has 0 saturated carbocycles. The Kier molecular flexibility index (Phi) is 5.68. The van der Waals surface area contributed by atoms with Crippen molar-refractivity contribution in [1.29, 1.82) is 0 Å². The van der Waals surface area contributed by atoms with Gasteiger partial charge in [0.1, 0.15) is 0 Å². The van der Waals surface area contributed by atoms with Crippen molar-refractivity contribution >= 4 is 0 Å². The molecule has 1 aliphatic rings. The summed E-state index contributed by atoms with van der Waals surface area (Å²) in [5.41, 5.74) is 3.11. The van der Waals surface area contributed by atoms with E-state index in [4.69, 9.17) is 4.74 Å². The molecule has 2 heteroatoms. The summed E-state index contributed by atoms with van der Waals surface area (Å²) in [7, 11) is 0. The zero-order valence-corrected chi connectivity index (χ0v) is 15.2. The fraction of sp³-hybridized carbons (Fsp3) is 0.700. The Labute approximate surface area is 136 Å². The van der Waals surface area contributed by atoms with Gasteiger partial charge in [-0.1, -0.05) is 52.0 Å². The summed E-state index contributed by atoms with van der Waals surface area (Å²) >= 11 is 0. The molecule has 0 N–H and O–H groups in total. The molecule has 0 aliphatic carbocycles. The van der Waals surface area contributed by atoms with Crippen LogP contribution >= 0.6 is 0 Å². The highest BCUT2D eigenvalue weighted by atomic mass is 16.5. The third-order valence-corrected chi connectivity index (χ3v) is 4.47. The topological polar surface area (TPSA) is 12.5 Å². The Bertz CT molecular complexity index is 450. The van der Waals surface area contributed by atoms with Crippen LogP contribution in [-0.4, -0.2) is 36.7 Å². The van der Waals surface area contributed by atoms with Crippen LogP contribution in [-0.2, 0) is 16.6 Å². The van der Waals surface area contributed by atoms with Crippen LogP contribution in [0.25, 0.3) is 0 Å². The van der Waals surface area contributed by atoms with Crippen LogP contribution in [0.1, 0.15) is 52.7 Å². The van der Waals surface area contributed by atoms with Gasteiger partial charge < -0.3 is 4.74 Å². The largest absolute Gasteiger partial charge is 0.373 e.